The zero-order valence-electron chi connectivity index (χ0n) is 22.9. The van der Waals surface area contributed by atoms with Crippen molar-refractivity contribution in [2.45, 2.75) is 77.9 Å². The van der Waals surface area contributed by atoms with E-state index in [1.807, 2.05) is 32.9 Å². The first-order valence-corrected chi connectivity index (χ1v) is 15.1. The van der Waals surface area contributed by atoms with Crippen LogP contribution in [-0.4, -0.2) is 39.7 Å². The molecule has 2 aromatic rings. The summed E-state index contributed by atoms with van der Waals surface area (Å²) < 4.78 is 17.7. The number of carbonyl (C=O) groups is 1. The number of rotatable bonds is 10. The molecule has 0 amide bonds. The largest absolute Gasteiger partial charge is 0.458 e. The summed E-state index contributed by atoms with van der Waals surface area (Å²) in [6.07, 6.45) is 4.37. The Kier molecular flexibility index (Phi) is 9.92. The van der Waals surface area contributed by atoms with Crippen LogP contribution in [0.1, 0.15) is 67.2 Å². The molecular weight excluding hydrogens is 468 g/mol. The third-order valence-electron chi connectivity index (χ3n) is 6.79. The van der Waals surface area contributed by atoms with E-state index in [0.29, 0.717) is 25.0 Å². The highest BCUT2D eigenvalue weighted by molar-refractivity contribution is 6.99. The lowest BCUT2D eigenvalue weighted by atomic mass is 9.82. The summed E-state index contributed by atoms with van der Waals surface area (Å²) in [5.41, 5.74) is -0.487. The van der Waals surface area contributed by atoms with Gasteiger partial charge in [0.15, 0.2) is 0 Å². The fraction of sp³-hybridized carbons (Fsp3) is 0.567. The molecule has 2 atom stereocenters. The Morgan fingerprint density at radius 3 is 1.86 bits per heavy atom. The maximum atomic E-state index is 11.9. The maximum Gasteiger partial charge on any atom is 0.332 e. The molecule has 0 bridgehead atoms. The fourth-order valence-corrected chi connectivity index (χ4v) is 9.28. The SMILES string of the molecule is CC(C)(C)OC(=O)COC[C@H]1CCC[C@@H](COO[Si](c2ccccc2)(c2ccccc2)C(C)(C)C)C1. The van der Waals surface area contributed by atoms with Gasteiger partial charge in [0.05, 0.1) is 13.2 Å². The van der Waals surface area contributed by atoms with E-state index in [2.05, 4.69) is 69.3 Å². The molecule has 0 heterocycles. The van der Waals surface area contributed by atoms with E-state index < -0.39 is 13.9 Å². The van der Waals surface area contributed by atoms with Gasteiger partial charge in [0, 0.05) is 0 Å². The summed E-state index contributed by atoms with van der Waals surface area (Å²) in [5, 5.41) is 2.29. The van der Waals surface area contributed by atoms with Crippen LogP contribution in [0.4, 0.5) is 0 Å². The highest BCUT2D eigenvalue weighted by atomic mass is 28.4. The topological polar surface area (TPSA) is 54.0 Å². The molecule has 0 unspecified atom stereocenters. The highest BCUT2D eigenvalue weighted by Crippen LogP contribution is 2.37. The minimum atomic E-state index is -2.70. The third-order valence-corrected chi connectivity index (χ3v) is 11.6. The van der Waals surface area contributed by atoms with Gasteiger partial charge in [0.25, 0.3) is 0 Å². The lowest BCUT2D eigenvalue weighted by Crippen LogP contribution is -2.66. The van der Waals surface area contributed by atoms with Crippen molar-refractivity contribution in [2.24, 2.45) is 11.8 Å². The molecular formula is C30H44O5Si. The van der Waals surface area contributed by atoms with Crippen LogP contribution in [0.15, 0.2) is 60.7 Å². The number of benzene rings is 2. The Bertz CT molecular complexity index is 894. The lowest BCUT2D eigenvalue weighted by Gasteiger charge is -2.41. The molecule has 3 rings (SSSR count). The van der Waals surface area contributed by atoms with Crippen LogP contribution in [0.2, 0.25) is 5.04 Å². The summed E-state index contributed by atoms with van der Waals surface area (Å²) in [5.74, 6) is 0.520. The third kappa shape index (κ3) is 7.75. The summed E-state index contributed by atoms with van der Waals surface area (Å²) in [7, 11) is -2.70. The van der Waals surface area contributed by atoms with Gasteiger partial charge >= 0.3 is 14.3 Å². The second-order valence-corrected chi connectivity index (χ2v) is 16.2. The molecule has 0 radical (unpaired) electrons. The molecule has 2 aromatic carbocycles. The first kappa shape index (κ1) is 28.6. The molecule has 1 saturated carbocycles. The molecule has 0 saturated heterocycles. The average molecular weight is 513 g/mol. The first-order valence-electron chi connectivity index (χ1n) is 13.2. The number of hydrogen-bond acceptors (Lipinski definition) is 5. The normalized spacial score (nSPS) is 19.2. The van der Waals surface area contributed by atoms with Crippen LogP contribution < -0.4 is 10.4 Å². The summed E-state index contributed by atoms with van der Waals surface area (Å²) >= 11 is 0. The van der Waals surface area contributed by atoms with Crippen molar-refractivity contribution < 1.29 is 23.7 Å². The van der Waals surface area contributed by atoms with E-state index in [4.69, 9.17) is 18.9 Å². The quantitative estimate of drug-likeness (QED) is 0.178. The van der Waals surface area contributed by atoms with Gasteiger partial charge in [0.2, 0.25) is 0 Å². The second-order valence-electron chi connectivity index (χ2n) is 12.0. The molecule has 198 valence electrons. The molecule has 1 aliphatic rings. The standard InChI is InChI=1S/C30H44O5Si/c1-29(2,3)34-28(31)23-32-21-24-14-13-15-25(20-24)22-33-35-36(30(4,5)6,26-16-9-7-10-17-26)27-18-11-8-12-19-27/h7-12,16-19,24-25H,13-15,20-23H2,1-6H3/t24-,25+/m0/s1. The zero-order chi connectivity index (χ0) is 26.2. The van der Waals surface area contributed by atoms with E-state index in [1.165, 1.54) is 10.4 Å². The van der Waals surface area contributed by atoms with Crippen LogP contribution in [0.5, 0.6) is 0 Å². The van der Waals surface area contributed by atoms with Gasteiger partial charge in [-0.05, 0) is 67.3 Å². The fourth-order valence-electron chi connectivity index (χ4n) is 5.20. The smallest absolute Gasteiger partial charge is 0.332 e. The highest BCUT2D eigenvalue weighted by Gasteiger charge is 2.52. The summed E-state index contributed by atoms with van der Waals surface area (Å²) in [6.45, 7) is 13.5. The maximum absolute atomic E-state index is 11.9. The number of hydrogen-bond donors (Lipinski definition) is 0. The minimum absolute atomic E-state index is 0.00585. The molecule has 0 spiro atoms. The van der Waals surface area contributed by atoms with Crippen molar-refractivity contribution in [2.75, 3.05) is 19.8 Å². The molecule has 1 aliphatic carbocycles. The number of ether oxygens (including phenoxy) is 2. The Morgan fingerprint density at radius 2 is 1.36 bits per heavy atom. The van der Waals surface area contributed by atoms with Crippen LogP contribution in [0.25, 0.3) is 0 Å². The Hall–Kier alpha value is -1.99. The van der Waals surface area contributed by atoms with Gasteiger partial charge in [0.1, 0.15) is 12.2 Å². The number of carbonyl (C=O) groups excluding carboxylic acids is 1. The second kappa shape index (κ2) is 12.5. The van der Waals surface area contributed by atoms with E-state index in [0.717, 1.165) is 25.7 Å². The predicted molar refractivity (Wildman–Crippen MR) is 147 cm³/mol. The summed E-state index contributed by atoms with van der Waals surface area (Å²) in [6, 6.07) is 21.1. The van der Waals surface area contributed by atoms with Crippen molar-refractivity contribution in [1.82, 2.24) is 0 Å². The predicted octanol–water partition coefficient (Wildman–Crippen LogP) is 5.66. The number of esters is 1. The molecule has 36 heavy (non-hydrogen) atoms. The molecule has 6 heteroatoms. The van der Waals surface area contributed by atoms with Gasteiger partial charge in [-0.1, -0.05) is 87.9 Å². The van der Waals surface area contributed by atoms with E-state index in [-0.39, 0.29) is 17.6 Å². The lowest BCUT2D eigenvalue weighted by molar-refractivity contribution is -0.230. The van der Waals surface area contributed by atoms with Crippen molar-refractivity contribution in [1.29, 1.82) is 0 Å². The van der Waals surface area contributed by atoms with E-state index >= 15 is 0 Å². The van der Waals surface area contributed by atoms with Gasteiger partial charge in [-0.25, -0.2) is 9.68 Å². The molecule has 5 nitrogen and oxygen atoms in total. The van der Waals surface area contributed by atoms with Gasteiger partial charge in [-0.2, -0.15) is 0 Å². The van der Waals surface area contributed by atoms with E-state index in [9.17, 15) is 4.79 Å². The molecule has 0 aliphatic heterocycles. The van der Waals surface area contributed by atoms with E-state index in [1.54, 1.807) is 0 Å². The van der Waals surface area contributed by atoms with Gasteiger partial charge in [-0.15, -0.1) is 0 Å². The Morgan fingerprint density at radius 1 is 0.833 bits per heavy atom. The average Bonchev–Trinajstić information content (AvgIpc) is 2.81. The first-order chi connectivity index (χ1) is 17.0. The van der Waals surface area contributed by atoms with Crippen molar-refractivity contribution in [3.63, 3.8) is 0 Å². The van der Waals surface area contributed by atoms with Crippen molar-refractivity contribution >= 4 is 24.7 Å². The Labute approximate surface area is 218 Å². The zero-order valence-corrected chi connectivity index (χ0v) is 23.9. The van der Waals surface area contributed by atoms with Crippen LogP contribution in [0.3, 0.4) is 0 Å². The Balaban J connectivity index is 1.61. The van der Waals surface area contributed by atoms with Crippen molar-refractivity contribution in [3.05, 3.63) is 60.7 Å². The summed E-state index contributed by atoms with van der Waals surface area (Å²) in [4.78, 5) is 18.1. The monoisotopic (exact) mass is 512 g/mol. The van der Waals surface area contributed by atoms with Crippen LogP contribution in [0, 0.1) is 11.8 Å². The van der Waals surface area contributed by atoms with Gasteiger partial charge < -0.3 is 9.47 Å². The van der Waals surface area contributed by atoms with Crippen LogP contribution >= 0.6 is 0 Å². The van der Waals surface area contributed by atoms with Crippen molar-refractivity contribution in [3.8, 4) is 0 Å². The van der Waals surface area contributed by atoms with Gasteiger partial charge in [-0.3, -0.25) is 4.58 Å². The van der Waals surface area contributed by atoms with Crippen LogP contribution in [-0.2, 0) is 23.7 Å². The molecule has 0 N–H and O–H groups in total. The molecule has 1 fully saturated rings. The molecule has 0 aromatic heterocycles. The minimum Gasteiger partial charge on any atom is -0.458 e.